The molecule has 3 heterocycles. The molecule has 31 heavy (non-hydrogen) atoms. The second-order valence-corrected chi connectivity index (χ2v) is 10.2. The van der Waals surface area contributed by atoms with E-state index in [9.17, 15) is 4.79 Å². The van der Waals surface area contributed by atoms with Gasteiger partial charge in [0.25, 0.3) is 0 Å². The predicted molar refractivity (Wildman–Crippen MR) is 126 cm³/mol. The van der Waals surface area contributed by atoms with Crippen LogP contribution in [0.4, 0.5) is 0 Å². The Kier molecular flexibility index (Phi) is 6.67. The Bertz CT molecular complexity index is 1040. The minimum Gasteiger partial charge on any atom is -0.495 e. The number of hydrogen-bond acceptors (Lipinski definition) is 6. The summed E-state index contributed by atoms with van der Waals surface area (Å²) in [5, 5.41) is 11.7. The zero-order valence-corrected chi connectivity index (χ0v) is 20.0. The van der Waals surface area contributed by atoms with E-state index in [-0.39, 0.29) is 5.91 Å². The molecule has 0 N–H and O–H groups in total. The highest BCUT2D eigenvalue weighted by Gasteiger charge is 2.26. The van der Waals surface area contributed by atoms with Gasteiger partial charge in [-0.05, 0) is 54.3 Å². The minimum absolute atomic E-state index is 0.159. The number of thioether (sulfide) groups is 1. The number of nitrogens with zero attached hydrogens (tertiary/aromatic N) is 4. The third kappa shape index (κ3) is 4.80. The van der Waals surface area contributed by atoms with Crippen molar-refractivity contribution in [3.8, 4) is 22.1 Å². The fourth-order valence-electron chi connectivity index (χ4n) is 4.20. The zero-order chi connectivity index (χ0) is 22.0. The molecule has 2 unspecified atom stereocenters. The number of piperidine rings is 1. The molecule has 6 nitrogen and oxygen atoms in total. The molecule has 8 heteroatoms. The van der Waals surface area contributed by atoms with E-state index in [0.717, 1.165) is 40.8 Å². The van der Waals surface area contributed by atoms with Crippen molar-refractivity contribution in [2.24, 2.45) is 11.8 Å². The van der Waals surface area contributed by atoms with Gasteiger partial charge < -0.3 is 9.64 Å². The van der Waals surface area contributed by atoms with Crippen LogP contribution in [-0.2, 0) is 4.79 Å². The number of aromatic nitrogens is 3. The van der Waals surface area contributed by atoms with E-state index in [4.69, 9.17) is 4.74 Å². The lowest BCUT2D eigenvalue weighted by Crippen LogP contribution is -2.43. The van der Waals surface area contributed by atoms with Gasteiger partial charge in [-0.2, -0.15) is 0 Å². The Morgan fingerprint density at radius 3 is 2.68 bits per heavy atom. The molecule has 0 bridgehead atoms. The van der Waals surface area contributed by atoms with E-state index >= 15 is 0 Å². The van der Waals surface area contributed by atoms with E-state index in [1.807, 2.05) is 46.0 Å². The number of thiophene rings is 1. The number of amides is 1. The number of rotatable bonds is 6. The van der Waals surface area contributed by atoms with Gasteiger partial charge in [0.1, 0.15) is 5.75 Å². The smallest absolute Gasteiger partial charge is 0.233 e. The summed E-state index contributed by atoms with van der Waals surface area (Å²) < 4.78 is 7.65. The summed E-state index contributed by atoms with van der Waals surface area (Å²) in [6.07, 6.45) is 1.18. The summed E-state index contributed by atoms with van der Waals surface area (Å²) in [5.41, 5.74) is 2.00. The fraction of sp³-hybridized carbons (Fsp3) is 0.435. The first-order valence-corrected chi connectivity index (χ1v) is 12.4. The normalized spacial score (nSPS) is 18.9. The van der Waals surface area contributed by atoms with Gasteiger partial charge >= 0.3 is 0 Å². The molecule has 0 saturated carbocycles. The number of ether oxygens (including phenoxy) is 1. The highest BCUT2D eigenvalue weighted by atomic mass is 32.2. The standard InChI is InChI=1S/C23H28N4O2S2/c1-15-7-8-19(29-4)18(11-15)27-22(20-6-5-9-30-20)24-25-23(27)31-14-21(28)26-12-16(2)10-17(3)13-26/h5-9,11,16-17H,10,12-14H2,1-4H3. The molecule has 1 saturated heterocycles. The van der Waals surface area contributed by atoms with Crippen LogP contribution < -0.4 is 4.74 Å². The lowest BCUT2D eigenvalue weighted by molar-refractivity contribution is -0.130. The molecule has 1 aliphatic heterocycles. The van der Waals surface area contributed by atoms with Gasteiger partial charge in [0, 0.05) is 13.1 Å². The van der Waals surface area contributed by atoms with Gasteiger partial charge in [-0.1, -0.05) is 37.7 Å². The van der Waals surface area contributed by atoms with E-state index in [1.165, 1.54) is 18.2 Å². The molecule has 1 fully saturated rings. The molecule has 1 aliphatic rings. The highest BCUT2D eigenvalue weighted by molar-refractivity contribution is 7.99. The first-order valence-electron chi connectivity index (χ1n) is 10.5. The van der Waals surface area contributed by atoms with Gasteiger partial charge in [-0.15, -0.1) is 21.5 Å². The molecule has 0 spiro atoms. The first-order chi connectivity index (χ1) is 15.0. The molecule has 0 aliphatic carbocycles. The Morgan fingerprint density at radius 1 is 1.23 bits per heavy atom. The van der Waals surface area contributed by atoms with Crippen molar-refractivity contribution in [2.75, 3.05) is 26.0 Å². The summed E-state index contributed by atoms with van der Waals surface area (Å²) >= 11 is 3.05. The van der Waals surface area contributed by atoms with Crippen LogP contribution >= 0.6 is 23.1 Å². The third-order valence-electron chi connectivity index (χ3n) is 5.50. The van der Waals surface area contributed by atoms with Crippen molar-refractivity contribution in [3.63, 3.8) is 0 Å². The van der Waals surface area contributed by atoms with Crippen LogP contribution in [0.15, 0.2) is 40.9 Å². The Morgan fingerprint density at radius 2 is 2.00 bits per heavy atom. The quantitative estimate of drug-likeness (QED) is 0.493. The fourth-order valence-corrected chi connectivity index (χ4v) is 5.75. The SMILES string of the molecule is COc1ccc(C)cc1-n1c(SCC(=O)N2CC(C)CC(C)C2)nnc1-c1cccs1. The lowest BCUT2D eigenvalue weighted by atomic mass is 9.92. The van der Waals surface area contributed by atoms with Crippen molar-refractivity contribution in [3.05, 3.63) is 41.3 Å². The van der Waals surface area contributed by atoms with Crippen molar-refractivity contribution < 1.29 is 9.53 Å². The molecule has 4 rings (SSSR count). The molecule has 2 atom stereocenters. The molecule has 1 aromatic carbocycles. The topological polar surface area (TPSA) is 60.2 Å². The monoisotopic (exact) mass is 456 g/mol. The maximum absolute atomic E-state index is 12.9. The molecule has 3 aromatic rings. The van der Waals surface area contributed by atoms with Crippen LogP contribution in [0.5, 0.6) is 5.75 Å². The summed E-state index contributed by atoms with van der Waals surface area (Å²) in [6.45, 7) is 8.16. The van der Waals surface area contributed by atoms with Crippen molar-refractivity contribution in [1.29, 1.82) is 0 Å². The molecule has 164 valence electrons. The van der Waals surface area contributed by atoms with Crippen LogP contribution in [-0.4, -0.2) is 51.5 Å². The van der Waals surface area contributed by atoms with Crippen LogP contribution in [0.25, 0.3) is 16.4 Å². The number of methoxy groups -OCH3 is 1. The second-order valence-electron chi connectivity index (χ2n) is 8.33. The Hall–Kier alpha value is -2.32. The number of hydrogen-bond donors (Lipinski definition) is 0. The van der Waals surface area contributed by atoms with E-state index in [2.05, 4.69) is 30.1 Å². The molecular weight excluding hydrogens is 428 g/mol. The summed E-state index contributed by atoms with van der Waals surface area (Å²) in [7, 11) is 1.67. The van der Waals surface area contributed by atoms with E-state index in [1.54, 1.807) is 18.4 Å². The Balaban J connectivity index is 1.64. The maximum Gasteiger partial charge on any atom is 0.233 e. The van der Waals surface area contributed by atoms with Gasteiger partial charge in [0.05, 0.1) is 23.4 Å². The van der Waals surface area contributed by atoms with E-state index in [0.29, 0.717) is 22.7 Å². The van der Waals surface area contributed by atoms with Gasteiger partial charge in [-0.3, -0.25) is 9.36 Å². The van der Waals surface area contributed by atoms with E-state index < -0.39 is 0 Å². The second kappa shape index (κ2) is 9.44. The van der Waals surface area contributed by atoms with Crippen molar-refractivity contribution in [2.45, 2.75) is 32.3 Å². The van der Waals surface area contributed by atoms with Gasteiger partial charge in [-0.25, -0.2) is 0 Å². The summed E-state index contributed by atoms with van der Waals surface area (Å²) in [5.74, 6) is 3.10. The summed E-state index contributed by atoms with van der Waals surface area (Å²) in [4.78, 5) is 16.0. The summed E-state index contributed by atoms with van der Waals surface area (Å²) in [6, 6.07) is 10.1. The largest absolute Gasteiger partial charge is 0.495 e. The van der Waals surface area contributed by atoms with Crippen LogP contribution in [0.1, 0.15) is 25.8 Å². The molecule has 2 aromatic heterocycles. The van der Waals surface area contributed by atoms with Crippen LogP contribution in [0, 0.1) is 18.8 Å². The number of benzene rings is 1. The number of aryl methyl sites for hydroxylation is 1. The first kappa shape index (κ1) is 21.9. The third-order valence-corrected chi connectivity index (χ3v) is 7.28. The number of carbonyl (C=O) groups is 1. The van der Waals surface area contributed by atoms with Gasteiger partial charge in [0.15, 0.2) is 11.0 Å². The Labute approximate surface area is 191 Å². The molecule has 0 radical (unpaired) electrons. The van der Waals surface area contributed by atoms with Crippen molar-refractivity contribution in [1.82, 2.24) is 19.7 Å². The average Bonchev–Trinajstić information content (AvgIpc) is 3.40. The lowest BCUT2D eigenvalue weighted by Gasteiger charge is -2.35. The van der Waals surface area contributed by atoms with Crippen molar-refractivity contribution >= 4 is 29.0 Å². The average molecular weight is 457 g/mol. The number of likely N-dealkylation sites (tertiary alicyclic amines) is 1. The highest BCUT2D eigenvalue weighted by Crippen LogP contribution is 2.35. The van der Waals surface area contributed by atoms with Gasteiger partial charge in [0.2, 0.25) is 5.91 Å². The molecule has 1 amide bonds. The van der Waals surface area contributed by atoms with Crippen LogP contribution in [0.3, 0.4) is 0 Å². The predicted octanol–water partition coefficient (Wildman–Crippen LogP) is 4.91. The minimum atomic E-state index is 0.159. The maximum atomic E-state index is 12.9. The zero-order valence-electron chi connectivity index (χ0n) is 18.4. The molecular formula is C23H28N4O2S2. The number of carbonyl (C=O) groups excluding carboxylic acids is 1. The van der Waals surface area contributed by atoms with Crippen LogP contribution in [0.2, 0.25) is 0 Å².